The maximum atomic E-state index is 8.96. The summed E-state index contributed by atoms with van der Waals surface area (Å²) in [4.78, 5) is 10.4. The first-order valence-corrected chi connectivity index (χ1v) is 8.11. The van der Waals surface area contributed by atoms with Crippen molar-refractivity contribution in [3.63, 3.8) is 0 Å². The molecule has 0 atom stereocenters. The van der Waals surface area contributed by atoms with Crippen LogP contribution in [0.1, 0.15) is 11.1 Å². The molecule has 0 fully saturated rings. The van der Waals surface area contributed by atoms with Crippen molar-refractivity contribution in [2.75, 3.05) is 4.90 Å². The molecule has 0 spiro atoms. The van der Waals surface area contributed by atoms with Crippen LogP contribution in [-0.4, -0.2) is 9.97 Å². The van der Waals surface area contributed by atoms with Crippen LogP contribution in [-0.2, 0) is 6.54 Å². The van der Waals surface area contributed by atoms with E-state index in [4.69, 9.17) is 5.26 Å². The third-order valence-corrected chi connectivity index (χ3v) is 4.14. The Morgan fingerprint density at radius 2 is 1.57 bits per heavy atom. The molecule has 23 heavy (non-hydrogen) atoms. The molecule has 4 nitrogen and oxygen atoms in total. The smallest absolute Gasteiger partial charge is 0.115 e. The van der Waals surface area contributed by atoms with Gasteiger partial charge in [-0.1, -0.05) is 12.1 Å². The lowest BCUT2D eigenvalue weighted by Crippen LogP contribution is -2.16. The zero-order valence-electron chi connectivity index (χ0n) is 12.2. The van der Waals surface area contributed by atoms with Crippen LogP contribution in [0.4, 0.5) is 11.4 Å². The Hall–Kier alpha value is -2.46. The lowest BCUT2D eigenvalue weighted by molar-refractivity contribution is 0.957. The van der Waals surface area contributed by atoms with E-state index in [1.165, 1.54) is 15.5 Å². The Morgan fingerprint density at radius 3 is 2.17 bits per heavy atom. The standard InChI is InChI=1S/C18H13IN4/c19-16-5-1-15(2-6-16)12-23(18-10-21-13-22-11-18)17-7-3-14(9-20)4-8-17/h1-8,10-11,13H,12H2. The van der Waals surface area contributed by atoms with E-state index in [0.717, 1.165) is 11.4 Å². The lowest BCUT2D eigenvalue weighted by Gasteiger charge is -2.24. The third kappa shape index (κ3) is 3.85. The van der Waals surface area contributed by atoms with Gasteiger partial charge in [-0.2, -0.15) is 5.26 Å². The van der Waals surface area contributed by atoms with Gasteiger partial charge in [-0.25, -0.2) is 9.97 Å². The van der Waals surface area contributed by atoms with E-state index in [2.05, 4.69) is 67.8 Å². The predicted octanol–water partition coefficient (Wildman–Crippen LogP) is 4.29. The van der Waals surface area contributed by atoms with Gasteiger partial charge >= 0.3 is 0 Å². The average Bonchev–Trinajstić information content (AvgIpc) is 2.62. The molecule has 3 aromatic rings. The molecule has 0 saturated carbocycles. The summed E-state index contributed by atoms with van der Waals surface area (Å²) in [6.07, 6.45) is 5.10. The van der Waals surface area contributed by atoms with E-state index in [1.54, 1.807) is 12.4 Å². The van der Waals surface area contributed by atoms with Crippen LogP contribution in [0.2, 0.25) is 0 Å². The minimum Gasteiger partial charge on any atom is -0.334 e. The molecule has 0 aliphatic heterocycles. The van der Waals surface area contributed by atoms with Crippen LogP contribution in [0.3, 0.4) is 0 Å². The van der Waals surface area contributed by atoms with Crippen molar-refractivity contribution in [3.8, 4) is 6.07 Å². The van der Waals surface area contributed by atoms with Gasteiger partial charge in [0.15, 0.2) is 0 Å². The number of rotatable bonds is 4. The zero-order chi connectivity index (χ0) is 16.1. The Labute approximate surface area is 148 Å². The lowest BCUT2D eigenvalue weighted by atomic mass is 10.1. The number of benzene rings is 2. The van der Waals surface area contributed by atoms with E-state index < -0.39 is 0 Å². The Kier molecular flexibility index (Phi) is 4.83. The van der Waals surface area contributed by atoms with E-state index in [0.29, 0.717) is 12.1 Å². The van der Waals surface area contributed by atoms with Gasteiger partial charge in [0.1, 0.15) is 6.33 Å². The van der Waals surface area contributed by atoms with Crippen LogP contribution in [0.15, 0.2) is 67.3 Å². The molecule has 0 unspecified atom stereocenters. The summed E-state index contributed by atoms with van der Waals surface area (Å²) < 4.78 is 1.21. The molecule has 0 radical (unpaired) electrons. The molecule has 2 aromatic carbocycles. The van der Waals surface area contributed by atoms with Crippen molar-refractivity contribution in [1.82, 2.24) is 9.97 Å². The largest absolute Gasteiger partial charge is 0.334 e. The van der Waals surface area contributed by atoms with E-state index >= 15 is 0 Å². The summed E-state index contributed by atoms with van der Waals surface area (Å²) in [7, 11) is 0. The fourth-order valence-corrected chi connectivity index (χ4v) is 2.61. The predicted molar refractivity (Wildman–Crippen MR) is 98.2 cm³/mol. The zero-order valence-corrected chi connectivity index (χ0v) is 14.4. The fourth-order valence-electron chi connectivity index (χ4n) is 2.25. The van der Waals surface area contributed by atoms with Crippen molar-refractivity contribution in [2.45, 2.75) is 6.54 Å². The van der Waals surface area contributed by atoms with Gasteiger partial charge < -0.3 is 4.90 Å². The van der Waals surface area contributed by atoms with E-state index in [-0.39, 0.29) is 0 Å². The number of halogens is 1. The number of nitrogens with zero attached hydrogens (tertiary/aromatic N) is 4. The normalized spacial score (nSPS) is 10.1. The van der Waals surface area contributed by atoms with Crippen molar-refractivity contribution in [1.29, 1.82) is 5.26 Å². The van der Waals surface area contributed by atoms with Gasteiger partial charge in [0, 0.05) is 15.8 Å². The molecule has 0 bridgehead atoms. The molecule has 0 saturated heterocycles. The molecular formula is C18H13IN4. The van der Waals surface area contributed by atoms with Crippen molar-refractivity contribution in [3.05, 3.63) is 81.9 Å². The van der Waals surface area contributed by atoms with Gasteiger partial charge in [0.05, 0.1) is 29.7 Å². The highest BCUT2D eigenvalue weighted by Gasteiger charge is 2.11. The summed E-state index contributed by atoms with van der Waals surface area (Å²) in [5.74, 6) is 0. The minimum absolute atomic E-state index is 0.646. The van der Waals surface area contributed by atoms with E-state index in [1.807, 2.05) is 24.3 Å². The third-order valence-electron chi connectivity index (χ3n) is 3.42. The van der Waals surface area contributed by atoms with Crippen molar-refractivity contribution >= 4 is 34.0 Å². The van der Waals surface area contributed by atoms with Gasteiger partial charge in [-0.15, -0.1) is 0 Å². The number of nitriles is 1. The maximum Gasteiger partial charge on any atom is 0.115 e. The Bertz CT molecular complexity index is 808. The maximum absolute atomic E-state index is 8.96. The summed E-state index contributed by atoms with van der Waals surface area (Å²) in [5.41, 5.74) is 3.75. The molecule has 1 heterocycles. The van der Waals surface area contributed by atoms with Crippen LogP contribution >= 0.6 is 22.6 Å². The summed E-state index contributed by atoms with van der Waals surface area (Å²) >= 11 is 2.30. The first-order chi connectivity index (χ1) is 11.3. The quantitative estimate of drug-likeness (QED) is 0.600. The highest BCUT2D eigenvalue weighted by Crippen LogP contribution is 2.26. The second-order valence-electron chi connectivity index (χ2n) is 4.97. The Morgan fingerprint density at radius 1 is 0.913 bits per heavy atom. The van der Waals surface area contributed by atoms with Gasteiger partial charge in [-0.3, -0.25) is 0 Å². The highest BCUT2D eigenvalue weighted by molar-refractivity contribution is 14.1. The summed E-state index contributed by atoms with van der Waals surface area (Å²) in [6.45, 7) is 0.705. The molecule has 112 valence electrons. The second kappa shape index (κ2) is 7.20. The summed E-state index contributed by atoms with van der Waals surface area (Å²) in [6, 6.07) is 18.1. The molecule has 5 heteroatoms. The number of anilines is 2. The number of aromatic nitrogens is 2. The molecule has 0 aliphatic carbocycles. The van der Waals surface area contributed by atoms with Gasteiger partial charge in [-0.05, 0) is 64.6 Å². The SMILES string of the molecule is N#Cc1ccc(N(Cc2ccc(I)cc2)c2cncnc2)cc1. The topological polar surface area (TPSA) is 52.8 Å². The number of hydrogen-bond donors (Lipinski definition) is 0. The highest BCUT2D eigenvalue weighted by atomic mass is 127. The first-order valence-electron chi connectivity index (χ1n) is 7.03. The molecule has 3 rings (SSSR count). The van der Waals surface area contributed by atoms with Gasteiger partial charge in [0.2, 0.25) is 0 Å². The molecule has 0 amide bonds. The minimum atomic E-state index is 0.646. The van der Waals surface area contributed by atoms with E-state index in [9.17, 15) is 0 Å². The first kappa shape index (κ1) is 15.4. The molecular weight excluding hydrogens is 399 g/mol. The average molecular weight is 412 g/mol. The number of hydrogen-bond acceptors (Lipinski definition) is 4. The molecule has 0 N–H and O–H groups in total. The van der Waals surface area contributed by atoms with Crippen LogP contribution in [0.25, 0.3) is 0 Å². The second-order valence-corrected chi connectivity index (χ2v) is 6.21. The van der Waals surface area contributed by atoms with Crippen molar-refractivity contribution < 1.29 is 0 Å². The summed E-state index contributed by atoms with van der Waals surface area (Å²) in [5, 5.41) is 8.96. The fraction of sp³-hybridized carbons (Fsp3) is 0.0556. The van der Waals surface area contributed by atoms with Gasteiger partial charge in [0.25, 0.3) is 0 Å². The van der Waals surface area contributed by atoms with Crippen LogP contribution in [0, 0.1) is 14.9 Å². The monoisotopic (exact) mass is 412 g/mol. The Balaban J connectivity index is 1.96. The molecule has 1 aromatic heterocycles. The van der Waals surface area contributed by atoms with Crippen molar-refractivity contribution in [2.24, 2.45) is 0 Å². The molecule has 0 aliphatic rings. The van der Waals surface area contributed by atoms with Crippen LogP contribution < -0.4 is 4.90 Å². The van der Waals surface area contributed by atoms with Crippen LogP contribution in [0.5, 0.6) is 0 Å².